The molecule has 1 N–H and O–H groups in total. The van der Waals surface area contributed by atoms with Crippen LogP contribution in [-0.2, 0) is 17.8 Å². The molecular formula is C23H26N4O2S. The number of para-hydroxylation sites is 2. The first-order valence-electron chi connectivity index (χ1n) is 10.4. The van der Waals surface area contributed by atoms with E-state index in [0.29, 0.717) is 18.0 Å². The molecule has 156 valence electrons. The zero-order chi connectivity index (χ0) is 20.8. The predicted molar refractivity (Wildman–Crippen MR) is 119 cm³/mol. The fourth-order valence-corrected chi connectivity index (χ4v) is 4.68. The van der Waals surface area contributed by atoms with Crippen molar-refractivity contribution in [2.24, 2.45) is 0 Å². The maximum Gasteiger partial charge on any atom is 0.242 e. The highest BCUT2D eigenvalue weighted by atomic mass is 32.2. The molecule has 0 fully saturated rings. The number of hydrogen-bond donors (Lipinski definition) is 1. The molecule has 0 spiro atoms. The minimum Gasteiger partial charge on any atom is -0.492 e. The number of benzene rings is 2. The van der Waals surface area contributed by atoms with Crippen molar-refractivity contribution in [2.75, 3.05) is 11.9 Å². The van der Waals surface area contributed by atoms with Gasteiger partial charge in [-0.25, -0.2) is 0 Å². The third kappa shape index (κ3) is 4.67. The van der Waals surface area contributed by atoms with Crippen molar-refractivity contribution in [1.82, 2.24) is 14.8 Å². The lowest BCUT2D eigenvalue weighted by molar-refractivity contribution is -0.115. The Labute approximate surface area is 181 Å². The monoisotopic (exact) mass is 422 g/mol. The molecule has 0 bridgehead atoms. The number of nitrogens with zero attached hydrogens (tertiary/aromatic N) is 3. The Morgan fingerprint density at radius 2 is 1.90 bits per heavy atom. The fraction of sp³-hybridized carbons (Fsp3) is 0.348. The highest BCUT2D eigenvalue weighted by molar-refractivity contribution is 8.00. The van der Waals surface area contributed by atoms with Crippen LogP contribution in [0.3, 0.4) is 0 Å². The van der Waals surface area contributed by atoms with Gasteiger partial charge in [-0.3, -0.25) is 4.79 Å². The average molecular weight is 423 g/mol. The van der Waals surface area contributed by atoms with Gasteiger partial charge < -0.3 is 14.6 Å². The largest absolute Gasteiger partial charge is 0.492 e. The van der Waals surface area contributed by atoms with E-state index in [1.54, 1.807) is 0 Å². The van der Waals surface area contributed by atoms with Crippen LogP contribution >= 0.6 is 11.8 Å². The van der Waals surface area contributed by atoms with E-state index in [1.807, 2.05) is 61.5 Å². The molecule has 0 saturated heterocycles. The van der Waals surface area contributed by atoms with E-state index >= 15 is 0 Å². The summed E-state index contributed by atoms with van der Waals surface area (Å²) >= 11 is 1.46. The topological polar surface area (TPSA) is 69.0 Å². The first-order chi connectivity index (χ1) is 14.8. The van der Waals surface area contributed by atoms with Gasteiger partial charge in [0.2, 0.25) is 5.91 Å². The van der Waals surface area contributed by atoms with E-state index in [-0.39, 0.29) is 5.91 Å². The molecule has 4 rings (SSSR count). The molecule has 0 unspecified atom stereocenters. The van der Waals surface area contributed by atoms with Gasteiger partial charge in [0.25, 0.3) is 0 Å². The molecule has 0 radical (unpaired) electrons. The van der Waals surface area contributed by atoms with Crippen molar-refractivity contribution in [2.45, 2.75) is 49.6 Å². The van der Waals surface area contributed by atoms with Crippen LogP contribution in [0.1, 0.15) is 42.8 Å². The van der Waals surface area contributed by atoms with Gasteiger partial charge in [-0.15, -0.1) is 10.2 Å². The number of hydrogen-bond acceptors (Lipinski definition) is 5. The Kier molecular flexibility index (Phi) is 6.69. The number of carbonyl (C=O) groups excluding carboxylic acids is 1. The number of thioether (sulfide) groups is 1. The van der Waals surface area contributed by atoms with Gasteiger partial charge >= 0.3 is 0 Å². The minimum absolute atomic E-state index is 0.107. The summed E-state index contributed by atoms with van der Waals surface area (Å²) in [6, 6.07) is 17.3. The second-order valence-electron chi connectivity index (χ2n) is 7.19. The molecule has 0 aliphatic carbocycles. The summed E-state index contributed by atoms with van der Waals surface area (Å²) in [5.41, 5.74) is 1.60. The first kappa shape index (κ1) is 20.5. The van der Waals surface area contributed by atoms with E-state index < -0.39 is 5.25 Å². The van der Waals surface area contributed by atoms with Gasteiger partial charge in [-0.05, 0) is 37.5 Å². The number of aryl methyl sites for hydroxylation is 1. The van der Waals surface area contributed by atoms with Crippen molar-refractivity contribution in [3.05, 3.63) is 66.0 Å². The summed E-state index contributed by atoms with van der Waals surface area (Å²) in [4.78, 5) is 13.4. The molecule has 30 heavy (non-hydrogen) atoms. The highest BCUT2D eigenvalue weighted by Gasteiger charge is 2.26. The molecule has 2 heterocycles. The van der Waals surface area contributed by atoms with Crippen molar-refractivity contribution >= 4 is 23.4 Å². The third-order valence-corrected chi connectivity index (χ3v) is 6.32. The van der Waals surface area contributed by atoms with Gasteiger partial charge in [0.1, 0.15) is 16.8 Å². The normalized spacial score (nSPS) is 14.4. The minimum atomic E-state index is -0.447. The second kappa shape index (κ2) is 9.80. The molecule has 1 amide bonds. The molecule has 1 aliphatic heterocycles. The van der Waals surface area contributed by atoms with E-state index in [2.05, 4.69) is 20.1 Å². The van der Waals surface area contributed by atoms with Crippen molar-refractivity contribution in [1.29, 1.82) is 0 Å². The number of fused-ring (bicyclic) bond motifs is 1. The molecular weight excluding hydrogens is 396 g/mol. The molecule has 1 aliphatic rings. The SMILES string of the molecule is CCOc1ccccc1NC(=O)[C@H](Sc1nnc2n1CCCCC2)c1ccccc1. The van der Waals surface area contributed by atoms with Crippen molar-refractivity contribution in [3.63, 3.8) is 0 Å². The Morgan fingerprint density at radius 1 is 1.10 bits per heavy atom. The van der Waals surface area contributed by atoms with Crippen molar-refractivity contribution < 1.29 is 9.53 Å². The van der Waals surface area contributed by atoms with Crippen LogP contribution in [0.5, 0.6) is 5.75 Å². The second-order valence-corrected chi connectivity index (χ2v) is 8.26. The standard InChI is InChI=1S/C23H26N4O2S/c1-2-29-19-14-9-8-13-18(19)24-22(28)21(17-11-5-3-6-12-17)30-23-26-25-20-15-7-4-10-16-27(20)23/h3,5-6,8-9,11-14,21H,2,4,7,10,15-16H2,1H3,(H,24,28)/t21-/m1/s1. The maximum atomic E-state index is 13.4. The van der Waals surface area contributed by atoms with E-state index in [9.17, 15) is 4.79 Å². The molecule has 0 saturated carbocycles. The maximum absolute atomic E-state index is 13.4. The number of carbonyl (C=O) groups is 1. The quantitative estimate of drug-likeness (QED) is 0.550. The average Bonchev–Trinajstić information content (AvgIpc) is 2.99. The van der Waals surface area contributed by atoms with E-state index in [4.69, 9.17) is 4.74 Å². The summed E-state index contributed by atoms with van der Waals surface area (Å²) in [7, 11) is 0. The highest BCUT2D eigenvalue weighted by Crippen LogP contribution is 2.37. The van der Waals surface area contributed by atoms with Crippen LogP contribution in [0, 0.1) is 0 Å². The molecule has 3 aromatic rings. The fourth-order valence-electron chi connectivity index (χ4n) is 3.60. The molecule has 6 nitrogen and oxygen atoms in total. The smallest absolute Gasteiger partial charge is 0.242 e. The number of rotatable bonds is 7. The lowest BCUT2D eigenvalue weighted by Crippen LogP contribution is -2.20. The predicted octanol–water partition coefficient (Wildman–Crippen LogP) is 4.88. The summed E-state index contributed by atoms with van der Waals surface area (Å²) in [6.07, 6.45) is 4.39. The molecule has 1 atom stereocenters. The lowest BCUT2D eigenvalue weighted by Gasteiger charge is -2.18. The van der Waals surface area contributed by atoms with Gasteiger partial charge in [0, 0.05) is 13.0 Å². The molecule has 1 aromatic heterocycles. The molecule has 7 heteroatoms. The Bertz CT molecular complexity index is 990. The third-order valence-electron chi connectivity index (χ3n) is 5.08. The number of amides is 1. The Hall–Kier alpha value is -2.80. The van der Waals surface area contributed by atoms with Crippen LogP contribution < -0.4 is 10.1 Å². The van der Waals surface area contributed by atoms with E-state index in [0.717, 1.165) is 42.4 Å². The van der Waals surface area contributed by atoms with E-state index in [1.165, 1.54) is 18.2 Å². The molecule has 2 aromatic carbocycles. The van der Waals surface area contributed by atoms with Crippen LogP contribution in [0.4, 0.5) is 5.69 Å². The summed E-state index contributed by atoms with van der Waals surface area (Å²) in [5.74, 6) is 1.58. The number of ether oxygens (including phenoxy) is 1. The van der Waals surface area contributed by atoms with Crippen molar-refractivity contribution in [3.8, 4) is 5.75 Å². The Morgan fingerprint density at radius 3 is 2.73 bits per heavy atom. The van der Waals surface area contributed by atoms with Crippen LogP contribution in [-0.4, -0.2) is 27.3 Å². The first-order valence-corrected chi connectivity index (χ1v) is 11.3. The van der Waals surface area contributed by atoms with Crippen LogP contribution in [0.25, 0.3) is 0 Å². The summed E-state index contributed by atoms with van der Waals surface area (Å²) in [6.45, 7) is 3.37. The van der Waals surface area contributed by atoms with Gasteiger partial charge in [-0.1, -0.05) is 60.6 Å². The van der Waals surface area contributed by atoms with Gasteiger partial charge in [0.05, 0.1) is 12.3 Å². The summed E-state index contributed by atoms with van der Waals surface area (Å²) < 4.78 is 7.85. The van der Waals surface area contributed by atoms with Crippen LogP contribution in [0.15, 0.2) is 59.8 Å². The van der Waals surface area contributed by atoms with Gasteiger partial charge in [0.15, 0.2) is 5.16 Å². The Balaban J connectivity index is 1.61. The summed E-state index contributed by atoms with van der Waals surface area (Å²) in [5, 5.41) is 12.2. The van der Waals surface area contributed by atoms with Crippen LogP contribution in [0.2, 0.25) is 0 Å². The van der Waals surface area contributed by atoms with Gasteiger partial charge in [-0.2, -0.15) is 0 Å². The number of aromatic nitrogens is 3. The lowest BCUT2D eigenvalue weighted by atomic mass is 10.1. The zero-order valence-corrected chi connectivity index (χ0v) is 17.9. The number of nitrogens with one attached hydrogen (secondary N) is 1. The zero-order valence-electron chi connectivity index (χ0n) is 17.1. The number of anilines is 1.